The minimum atomic E-state index is -1.85. The Morgan fingerprint density at radius 2 is 0.852 bits per heavy atom. The average molecular weight is 440 g/mol. The van der Waals surface area contributed by atoms with Gasteiger partial charge in [0.2, 0.25) is 6.69 Å². The van der Waals surface area contributed by atoms with E-state index in [0.29, 0.717) is 6.42 Å². The van der Waals surface area contributed by atoms with Crippen molar-refractivity contribution in [2.24, 2.45) is 0 Å². The third-order valence-electron chi connectivity index (χ3n) is 5.26. The highest BCUT2D eigenvalue weighted by Crippen LogP contribution is 2.23. The second-order valence-electron chi connectivity index (χ2n) is 8.33. The molecule has 0 aromatic heterocycles. The lowest BCUT2D eigenvalue weighted by atomic mass is 10.0. The number of hydrogen-bond acceptors (Lipinski definition) is 1. The summed E-state index contributed by atoms with van der Waals surface area (Å²) >= 11 is 12.2. The first-order chi connectivity index (χ1) is 12.9. The SMILES string of the molecule is C[Si](Cl)(Cl)CCCCCCCCCCCCCCCCCCCCC(=O)O. The van der Waals surface area contributed by atoms with Crippen molar-refractivity contribution in [3.05, 3.63) is 0 Å². The molecule has 0 fully saturated rings. The highest BCUT2D eigenvalue weighted by molar-refractivity contribution is 7.44. The Balaban J connectivity index is 3.04. The van der Waals surface area contributed by atoms with Crippen LogP contribution in [0.15, 0.2) is 0 Å². The van der Waals surface area contributed by atoms with Crippen molar-refractivity contribution in [1.29, 1.82) is 0 Å². The van der Waals surface area contributed by atoms with Gasteiger partial charge >= 0.3 is 5.97 Å². The Morgan fingerprint density at radius 1 is 0.593 bits per heavy atom. The first-order valence-corrected chi connectivity index (χ1v) is 16.2. The summed E-state index contributed by atoms with van der Waals surface area (Å²) < 4.78 is 0. The van der Waals surface area contributed by atoms with Crippen LogP contribution < -0.4 is 0 Å². The second kappa shape index (κ2) is 19.6. The fraction of sp³-hybridized carbons (Fsp3) is 0.955. The third-order valence-corrected chi connectivity index (χ3v) is 7.62. The Kier molecular flexibility index (Phi) is 19.8. The lowest BCUT2D eigenvalue weighted by molar-refractivity contribution is -0.137. The predicted molar refractivity (Wildman–Crippen MR) is 123 cm³/mol. The molecule has 0 saturated carbocycles. The summed E-state index contributed by atoms with van der Waals surface area (Å²) in [4.78, 5) is 10.4. The third kappa shape index (κ3) is 26.3. The van der Waals surface area contributed by atoms with Gasteiger partial charge in [0, 0.05) is 6.42 Å². The van der Waals surface area contributed by atoms with Crippen LogP contribution in [-0.4, -0.2) is 17.8 Å². The molecule has 0 aromatic rings. The maximum atomic E-state index is 10.4. The zero-order valence-electron chi connectivity index (χ0n) is 17.8. The molecule has 162 valence electrons. The van der Waals surface area contributed by atoms with Crippen molar-refractivity contribution in [3.63, 3.8) is 0 Å². The van der Waals surface area contributed by atoms with Gasteiger partial charge in [-0.25, -0.2) is 0 Å². The van der Waals surface area contributed by atoms with Crippen molar-refractivity contribution >= 4 is 34.8 Å². The Labute approximate surface area is 179 Å². The van der Waals surface area contributed by atoms with Crippen LogP contribution in [0, 0.1) is 0 Å². The molecule has 2 nitrogen and oxygen atoms in total. The topological polar surface area (TPSA) is 37.3 Å². The van der Waals surface area contributed by atoms with E-state index in [-0.39, 0.29) is 0 Å². The summed E-state index contributed by atoms with van der Waals surface area (Å²) in [6.45, 7) is 0.171. The first-order valence-electron chi connectivity index (χ1n) is 11.5. The van der Waals surface area contributed by atoms with E-state index < -0.39 is 12.7 Å². The molecule has 0 aromatic carbocycles. The van der Waals surface area contributed by atoms with Crippen LogP contribution in [0.1, 0.15) is 122 Å². The van der Waals surface area contributed by atoms with E-state index in [2.05, 4.69) is 0 Å². The number of unbranched alkanes of at least 4 members (excludes halogenated alkanes) is 17. The molecule has 0 amide bonds. The molecule has 5 heteroatoms. The van der Waals surface area contributed by atoms with Gasteiger partial charge in [0.25, 0.3) is 0 Å². The van der Waals surface area contributed by atoms with Crippen LogP contribution >= 0.6 is 22.2 Å². The van der Waals surface area contributed by atoms with E-state index in [4.69, 9.17) is 27.3 Å². The molecular weight excluding hydrogens is 395 g/mol. The molecule has 0 saturated heterocycles. The number of carboxylic acids is 1. The lowest BCUT2D eigenvalue weighted by Crippen LogP contribution is -2.11. The molecule has 0 aliphatic carbocycles. The van der Waals surface area contributed by atoms with Crippen LogP contribution in [0.5, 0.6) is 0 Å². The van der Waals surface area contributed by atoms with Gasteiger partial charge in [-0.05, 0) is 19.0 Å². The molecule has 0 atom stereocenters. The average Bonchev–Trinajstić information content (AvgIpc) is 2.58. The quantitative estimate of drug-likeness (QED) is 0.110. The van der Waals surface area contributed by atoms with E-state index >= 15 is 0 Å². The molecule has 1 N–H and O–H groups in total. The maximum Gasteiger partial charge on any atom is 0.303 e. The summed E-state index contributed by atoms with van der Waals surface area (Å²) in [5, 5.41) is 8.57. The second-order valence-corrected chi connectivity index (χ2v) is 16.6. The van der Waals surface area contributed by atoms with Gasteiger partial charge in [0.1, 0.15) is 0 Å². The highest BCUT2D eigenvalue weighted by atomic mass is 35.7. The summed E-state index contributed by atoms with van der Waals surface area (Å²) in [5.74, 6) is -0.658. The molecule has 27 heavy (non-hydrogen) atoms. The van der Waals surface area contributed by atoms with Crippen molar-refractivity contribution < 1.29 is 9.90 Å². The normalized spacial score (nSPS) is 11.8. The van der Waals surface area contributed by atoms with Crippen LogP contribution in [0.25, 0.3) is 0 Å². The molecule has 0 heterocycles. The first kappa shape index (κ1) is 27.3. The Bertz CT molecular complexity index is 333. The number of rotatable bonds is 21. The van der Waals surface area contributed by atoms with Gasteiger partial charge in [0.05, 0.1) is 0 Å². The van der Waals surface area contributed by atoms with E-state index in [1.165, 1.54) is 103 Å². The molecule has 0 unspecified atom stereocenters. The van der Waals surface area contributed by atoms with Gasteiger partial charge in [-0.15, -0.1) is 22.2 Å². The fourth-order valence-corrected chi connectivity index (χ4v) is 5.21. The highest BCUT2D eigenvalue weighted by Gasteiger charge is 2.19. The number of aliphatic carboxylic acids is 1. The van der Waals surface area contributed by atoms with Crippen LogP contribution in [0.2, 0.25) is 12.6 Å². The molecular formula is C22H44Cl2O2Si. The van der Waals surface area contributed by atoms with Gasteiger partial charge < -0.3 is 5.11 Å². The zero-order chi connectivity index (χ0) is 20.2. The van der Waals surface area contributed by atoms with E-state index in [0.717, 1.165) is 18.9 Å². The lowest BCUT2D eigenvalue weighted by Gasteiger charge is -2.09. The van der Waals surface area contributed by atoms with Crippen molar-refractivity contribution in [2.75, 3.05) is 0 Å². The Morgan fingerprint density at radius 3 is 1.11 bits per heavy atom. The predicted octanol–water partition coefficient (Wildman–Crippen LogP) is 9.03. The Hall–Kier alpha value is 0.267. The molecule has 0 radical (unpaired) electrons. The van der Waals surface area contributed by atoms with Gasteiger partial charge in [-0.2, -0.15) is 0 Å². The largest absolute Gasteiger partial charge is 0.481 e. The molecule has 0 spiro atoms. The number of halogens is 2. The maximum absolute atomic E-state index is 10.4. The minimum absolute atomic E-state index is 0.337. The van der Waals surface area contributed by atoms with Crippen molar-refractivity contribution in [1.82, 2.24) is 0 Å². The van der Waals surface area contributed by atoms with Crippen LogP contribution in [0.4, 0.5) is 0 Å². The summed E-state index contributed by atoms with van der Waals surface area (Å²) in [6, 6.07) is 1.04. The standard InChI is InChI=1S/C22H44Cl2O2Si/c1-27(23,24)21-19-17-15-13-11-9-7-5-3-2-4-6-8-10-12-14-16-18-20-22(25)26/h2-21H2,1H3,(H,25,26). The summed E-state index contributed by atoms with van der Waals surface area (Å²) in [5.41, 5.74) is 0. The molecule has 0 rings (SSSR count). The number of hydrogen-bond donors (Lipinski definition) is 1. The number of carbonyl (C=O) groups is 1. The number of carboxylic acid groups (broad SMARTS) is 1. The van der Waals surface area contributed by atoms with Gasteiger partial charge in [-0.3, -0.25) is 4.79 Å². The zero-order valence-corrected chi connectivity index (χ0v) is 20.3. The van der Waals surface area contributed by atoms with Crippen LogP contribution in [0.3, 0.4) is 0 Å². The summed E-state index contributed by atoms with van der Waals surface area (Å²) in [7, 11) is 0. The van der Waals surface area contributed by atoms with Crippen LogP contribution in [-0.2, 0) is 4.79 Å². The molecule has 0 aliphatic rings. The molecule has 0 aliphatic heterocycles. The van der Waals surface area contributed by atoms with Crippen molar-refractivity contribution in [3.8, 4) is 0 Å². The minimum Gasteiger partial charge on any atom is -0.481 e. The van der Waals surface area contributed by atoms with Crippen molar-refractivity contribution in [2.45, 2.75) is 135 Å². The van der Waals surface area contributed by atoms with E-state index in [9.17, 15) is 4.79 Å². The van der Waals surface area contributed by atoms with Gasteiger partial charge in [0.15, 0.2) is 0 Å². The fourth-order valence-electron chi connectivity index (χ4n) is 3.54. The van der Waals surface area contributed by atoms with E-state index in [1.807, 2.05) is 6.55 Å². The van der Waals surface area contributed by atoms with E-state index in [1.54, 1.807) is 0 Å². The monoisotopic (exact) mass is 438 g/mol. The summed E-state index contributed by atoms with van der Waals surface area (Å²) in [6.07, 6.45) is 23.8. The molecule has 0 bridgehead atoms. The van der Waals surface area contributed by atoms with Gasteiger partial charge in [-0.1, -0.05) is 109 Å². The smallest absolute Gasteiger partial charge is 0.303 e.